The number of hydrogen-bond acceptors (Lipinski definition) is 4. The van der Waals surface area contributed by atoms with Gasteiger partial charge in [-0.15, -0.1) is 13.2 Å². The van der Waals surface area contributed by atoms with Crippen LogP contribution < -0.4 is 15.0 Å². The zero-order chi connectivity index (χ0) is 22.3. The highest BCUT2D eigenvalue weighted by Crippen LogP contribution is 2.24. The van der Waals surface area contributed by atoms with Crippen molar-refractivity contribution in [2.45, 2.75) is 26.3 Å². The molecule has 2 aromatic carbocycles. The topological polar surface area (TPSA) is 61.9 Å². The molecule has 2 amide bonds. The maximum absolute atomic E-state index is 12.9. The standard InChI is InChI=1S/C21H24F3N3O3/c1-4-27(17-8-6-5-7-9-17)20(29)15(2)26(3)14-19(28)25-16-10-12-18(13-11-16)30-21(22,23)24/h5-13,15H,4,14H2,1-3H3,(H,25,28)/t15-/m1/s1. The first-order valence-electron chi connectivity index (χ1n) is 9.33. The quantitative estimate of drug-likeness (QED) is 0.700. The van der Waals surface area contributed by atoms with Crippen molar-refractivity contribution in [3.05, 3.63) is 54.6 Å². The third kappa shape index (κ3) is 6.77. The number of carbonyl (C=O) groups is 2. The van der Waals surface area contributed by atoms with E-state index in [2.05, 4.69) is 10.1 Å². The molecule has 162 valence electrons. The largest absolute Gasteiger partial charge is 0.573 e. The van der Waals surface area contributed by atoms with Crippen molar-refractivity contribution in [1.82, 2.24) is 4.90 Å². The van der Waals surface area contributed by atoms with Gasteiger partial charge in [0, 0.05) is 17.9 Å². The number of benzene rings is 2. The minimum atomic E-state index is -4.78. The van der Waals surface area contributed by atoms with Gasteiger partial charge in [0.2, 0.25) is 11.8 Å². The molecule has 0 aromatic heterocycles. The van der Waals surface area contributed by atoms with E-state index in [9.17, 15) is 22.8 Å². The number of carbonyl (C=O) groups excluding carboxylic acids is 2. The Kier molecular flexibility index (Phi) is 7.82. The van der Waals surface area contributed by atoms with E-state index < -0.39 is 18.3 Å². The van der Waals surface area contributed by atoms with Crippen molar-refractivity contribution in [3.63, 3.8) is 0 Å². The number of halogens is 3. The molecule has 0 spiro atoms. The molecule has 0 aliphatic carbocycles. The molecule has 6 nitrogen and oxygen atoms in total. The summed E-state index contributed by atoms with van der Waals surface area (Å²) in [5.41, 5.74) is 1.09. The van der Waals surface area contributed by atoms with Crippen molar-refractivity contribution in [2.75, 3.05) is 30.4 Å². The van der Waals surface area contributed by atoms with Crippen LogP contribution in [0.3, 0.4) is 0 Å². The normalized spacial score (nSPS) is 12.4. The molecule has 0 saturated heterocycles. The van der Waals surface area contributed by atoms with Gasteiger partial charge in [-0.1, -0.05) is 18.2 Å². The number of amides is 2. The average molecular weight is 423 g/mol. The molecule has 2 rings (SSSR count). The molecule has 2 aromatic rings. The van der Waals surface area contributed by atoms with E-state index in [1.807, 2.05) is 37.3 Å². The van der Waals surface area contributed by atoms with Crippen LogP contribution in [0.15, 0.2) is 54.6 Å². The van der Waals surface area contributed by atoms with E-state index in [1.54, 1.807) is 23.8 Å². The fourth-order valence-electron chi connectivity index (χ4n) is 2.79. The molecule has 30 heavy (non-hydrogen) atoms. The summed E-state index contributed by atoms with van der Waals surface area (Å²) in [5, 5.41) is 2.59. The zero-order valence-electron chi connectivity index (χ0n) is 16.9. The third-order valence-corrected chi connectivity index (χ3v) is 4.43. The first-order chi connectivity index (χ1) is 14.1. The molecule has 0 bridgehead atoms. The van der Waals surface area contributed by atoms with Crippen LogP contribution in [0.25, 0.3) is 0 Å². The summed E-state index contributed by atoms with van der Waals surface area (Å²) in [5.74, 6) is -0.922. The second-order valence-electron chi connectivity index (χ2n) is 6.63. The van der Waals surface area contributed by atoms with Crippen LogP contribution in [0, 0.1) is 0 Å². The number of nitrogens with zero attached hydrogens (tertiary/aromatic N) is 2. The molecule has 0 radical (unpaired) electrons. The number of nitrogens with one attached hydrogen (secondary N) is 1. The van der Waals surface area contributed by atoms with E-state index >= 15 is 0 Å². The summed E-state index contributed by atoms with van der Waals surface area (Å²) in [6.07, 6.45) is -4.78. The van der Waals surface area contributed by atoms with Gasteiger partial charge >= 0.3 is 6.36 Å². The Bertz CT molecular complexity index is 842. The summed E-state index contributed by atoms with van der Waals surface area (Å²) in [6.45, 7) is 4.00. The number of para-hydroxylation sites is 1. The van der Waals surface area contributed by atoms with Crippen LogP contribution in [-0.4, -0.2) is 49.3 Å². The van der Waals surface area contributed by atoms with Gasteiger partial charge in [0.05, 0.1) is 12.6 Å². The smallest absolute Gasteiger partial charge is 0.406 e. The highest BCUT2D eigenvalue weighted by Gasteiger charge is 2.31. The summed E-state index contributed by atoms with van der Waals surface area (Å²) in [4.78, 5) is 28.4. The van der Waals surface area contributed by atoms with Gasteiger partial charge in [-0.3, -0.25) is 14.5 Å². The lowest BCUT2D eigenvalue weighted by Crippen LogP contribution is -2.48. The van der Waals surface area contributed by atoms with Gasteiger partial charge in [0.1, 0.15) is 5.75 Å². The Morgan fingerprint density at radius 1 is 1.07 bits per heavy atom. The van der Waals surface area contributed by atoms with E-state index in [0.29, 0.717) is 12.2 Å². The Balaban J connectivity index is 1.93. The van der Waals surface area contributed by atoms with Gasteiger partial charge in [0.15, 0.2) is 0 Å². The van der Waals surface area contributed by atoms with Gasteiger partial charge < -0.3 is 15.0 Å². The Labute approximate surface area is 173 Å². The molecular formula is C21H24F3N3O3. The van der Waals surface area contributed by atoms with Crippen molar-refractivity contribution in [1.29, 1.82) is 0 Å². The predicted molar refractivity (Wildman–Crippen MR) is 108 cm³/mol. The van der Waals surface area contributed by atoms with Crippen LogP contribution in [0.1, 0.15) is 13.8 Å². The third-order valence-electron chi connectivity index (χ3n) is 4.43. The second kappa shape index (κ2) is 10.1. The summed E-state index contributed by atoms with van der Waals surface area (Å²) in [7, 11) is 1.65. The lowest BCUT2D eigenvalue weighted by Gasteiger charge is -2.29. The number of ether oxygens (including phenoxy) is 1. The van der Waals surface area contributed by atoms with Gasteiger partial charge in [-0.25, -0.2) is 0 Å². The Morgan fingerprint density at radius 3 is 2.20 bits per heavy atom. The number of anilines is 2. The number of rotatable bonds is 8. The summed E-state index contributed by atoms with van der Waals surface area (Å²) >= 11 is 0. The first-order valence-corrected chi connectivity index (χ1v) is 9.33. The van der Waals surface area contributed by atoms with E-state index in [0.717, 1.165) is 17.8 Å². The van der Waals surface area contributed by atoms with Crippen molar-refractivity contribution >= 4 is 23.2 Å². The van der Waals surface area contributed by atoms with Crippen LogP contribution in [-0.2, 0) is 9.59 Å². The van der Waals surface area contributed by atoms with E-state index in [4.69, 9.17) is 0 Å². The SMILES string of the molecule is CCN(C(=O)[C@@H](C)N(C)CC(=O)Nc1ccc(OC(F)(F)F)cc1)c1ccccc1. The minimum Gasteiger partial charge on any atom is -0.406 e. The molecule has 0 unspecified atom stereocenters. The Morgan fingerprint density at radius 2 is 1.67 bits per heavy atom. The van der Waals surface area contributed by atoms with Gasteiger partial charge in [-0.05, 0) is 57.3 Å². The van der Waals surface area contributed by atoms with Crippen LogP contribution in [0.5, 0.6) is 5.75 Å². The molecule has 0 fully saturated rings. The predicted octanol–water partition coefficient (Wildman–Crippen LogP) is 3.90. The van der Waals surface area contributed by atoms with Gasteiger partial charge in [0.25, 0.3) is 0 Å². The molecule has 1 N–H and O–H groups in total. The second-order valence-corrected chi connectivity index (χ2v) is 6.63. The lowest BCUT2D eigenvalue weighted by molar-refractivity contribution is -0.274. The van der Waals surface area contributed by atoms with Crippen molar-refractivity contribution in [3.8, 4) is 5.75 Å². The Hall–Kier alpha value is -3.07. The molecule has 0 saturated carbocycles. The first kappa shape index (κ1) is 23.2. The van der Waals surface area contributed by atoms with Crippen LogP contribution in [0.2, 0.25) is 0 Å². The molecular weight excluding hydrogens is 399 g/mol. The minimum absolute atomic E-state index is 0.0694. The fourth-order valence-corrected chi connectivity index (χ4v) is 2.79. The zero-order valence-corrected chi connectivity index (χ0v) is 16.9. The molecule has 9 heteroatoms. The lowest BCUT2D eigenvalue weighted by atomic mass is 10.2. The number of hydrogen-bond donors (Lipinski definition) is 1. The highest BCUT2D eigenvalue weighted by atomic mass is 19.4. The molecule has 0 heterocycles. The highest BCUT2D eigenvalue weighted by molar-refractivity contribution is 5.98. The fraction of sp³-hybridized carbons (Fsp3) is 0.333. The average Bonchev–Trinajstić information content (AvgIpc) is 2.69. The van der Waals surface area contributed by atoms with E-state index in [1.165, 1.54) is 12.1 Å². The summed E-state index contributed by atoms with van der Waals surface area (Å²) < 4.78 is 40.4. The van der Waals surface area contributed by atoms with Crippen molar-refractivity contribution in [2.24, 2.45) is 0 Å². The van der Waals surface area contributed by atoms with Gasteiger partial charge in [-0.2, -0.15) is 0 Å². The maximum Gasteiger partial charge on any atom is 0.573 e. The van der Waals surface area contributed by atoms with Crippen LogP contribution >= 0.6 is 0 Å². The number of likely N-dealkylation sites (N-methyl/N-ethyl adjacent to an activating group) is 2. The monoisotopic (exact) mass is 423 g/mol. The molecule has 1 atom stereocenters. The molecule has 0 aliphatic rings. The van der Waals surface area contributed by atoms with Crippen LogP contribution in [0.4, 0.5) is 24.5 Å². The molecule has 0 aliphatic heterocycles. The van der Waals surface area contributed by atoms with Crippen molar-refractivity contribution < 1.29 is 27.5 Å². The van der Waals surface area contributed by atoms with E-state index in [-0.39, 0.29) is 18.2 Å². The number of alkyl halides is 3. The maximum atomic E-state index is 12.9. The summed E-state index contributed by atoms with van der Waals surface area (Å²) in [6, 6.07) is 13.5.